The fourth-order valence-electron chi connectivity index (χ4n) is 6.91. The van der Waals surface area contributed by atoms with E-state index < -0.39 is 66.8 Å². The normalized spacial score (nSPS) is 23.8. The van der Waals surface area contributed by atoms with Gasteiger partial charge in [-0.3, -0.25) is 9.59 Å². The molecule has 1 saturated heterocycles. The van der Waals surface area contributed by atoms with Crippen molar-refractivity contribution >= 4 is 23.9 Å². The van der Waals surface area contributed by atoms with Crippen molar-refractivity contribution in [2.75, 3.05) is 6.54 Å². The Labute approximate surface area is 296 Å². The smallest absolute Gasteiger partial charge is 0.336 e. The fourth-order valence-corrected chi connectivity index (χ4v) is 6.91. The zero-order chi connectivity index (χ0) is 36.7. The van der Waals surface area contributed by atoms with Crippen LogP contribution in [-0.4, -0.2) is 101 Å². The maximum atomic E-state index is 13.3. The monoisotopic (exact) mass is 705 g/mol. The molecule has 0 spiro atoms. The van der Waals surface area contributed by atoms with Crippen LogP contribution in [0.15, 0.2) is 54.7 Å². The first-order valence-corrected chi connectivity index (χ1v) is 17.3. The zero-order valence-electron chi connectivity index (χ0n) is 28.8. The number of aromatic nitrogens is 3. The van der Waals surface area contributed by atoms with Gasteiger partial charge in [-0.25, -0.2) is 9.48 Å². The maximum Gasteiger partial charge on any atom is 0.336 e. The molecule has 2 unspecified atom stereocenters. The molecular weight excluding hydrogens is 658 g/mol. The SMILES string of the molecule is Cc1cc(C(=O)NC[C@@H](O)[C@@H](O)[C@@H]2OC(C/C=C/c3ccccc3)(C(=O)O)C[C@H](O)C2NC(=O)Cn2cc(C3CCCCC3)nn2)cc(C)c1O. The topological polar surface area (TPSA) is 216 Å². The number of hydrogen-bond donors (Lipinski definition) is 7. The summed E-state index contributed by atoms with van der Waals surface area (Å²) >= 11 is 0. The number of nitrogens with one attached hydrogen (secondary N) is 2. The Morgan fingerprint density at radius 1 is 1.08 bits per heavy atom. The molecule has 1 aromatic heterocycles. The molecule has 6 atom stereocenters. The summed E-state index contributed by atoms with van der Waals surface area (Å²) in [6.45, 7) is 2.53. The number of carboxylic acid groups (broad SMARTS) is 1. The number of amides is 2. The Hall–Kier alpha value is -4.63. The minimum absolute atomic E-state index is 0.0529. The molecule has 2 aromatic carbocycles. The Morgan fingerprint density at radius 3 is 2.43 bits per heavy atom. The van der Waals surface area contributed by atoms with Gasteiger partial charge in [-0.2, -0.15) is 0 Å². The molecule has 0 bridgehead atoms. The van der Waals surface area contributed by atoms with Gasteiger partial charge in [0.15, 0.2) is 5.60 Å². The van der Waals surface area contributed by atoms with E-state index in [-0.39, 0.29) is 30.2 Å². The van der Waals surface area contributed by atoms with Gasteiger partial charge < -0.3 is 40.9 Å². The van der Waals surface area contributed by atoms with Crippen LogP contribution in [0.25, 0.3) is 6.08 Å². The largest absolute Gasteiger partial charge is 0.507 e. The summed E-state index contributed by atoms with van der Waals surface area (Å²) in [5, 5.41) is 67.9. The molecule has 1 aliphatic carbocycles. The average Bonchev–Trinajstić information content (AvgIpc) is 3.59. The van der Waals surface area contributed by atoms with Crippen LogP contribution in [0.2, 0.25) is 0 Å². The van der Waals surface area contributed by atoms with Crippen LogP contribution in [0.1, 0.15) is 83.6 Å². The van der Waals surface area contributed by atoms with Crippen molar-refractivity contribution in [1.82, 2.24) is 25.6 Å². The molecule has 2 aliphatic rings. The van der Waals surface area contributed by atoms with E-state index in [2.05, 4.69) is 20.9 Å². The standard InChI is InChI=1S/C37H47N5O9/c1-22-16-26(17-23(2)32(22)46)35(48)38-19-29(44)33(47)34-31(39-30(45)21-42-20-27(40-41-42)25-13-7-4-8-14-25)28(43)18-37(51-34,36(49)50)15-9-12-24-10-5-3-6-11-24/h3,5-6,9-12,16-17,20,25,28-29,31,33-34,43-44,46-47H,4,7-8,13-15,18-19,21H2,1-2H3,(H,38,48)(H,39,45)(H,49,50)/b12-9+/t28-,29+,31?,33+,34+,37?/m0/s1. The number of aliphatic carboxylic acids is 1. The minimum Gasteiger partial charge on any atom is -0.507 e. The van der Waals surface area contributed by atoms with Crippen LogP contribution < -0.4 is 10.6 Å². The number of benzene rings is 2. The number of hydrogen-bond acceptors (Lipinski definition) is 10. The van der Waals surface area contributed by atoms with Gasteiger partial charge >= 0.3 is 5.97 Å². The molecule has 5 rings (SSSR count). The van der Waals surface area contributed by atoms with Crippen molar-refractivity contribution in [2.45, 2.75) is 107 Å². The predicted molar refractivity (Wildman–Crippen MR) is 186 cm³/mol. The first-order chi connectivity index (χ1) is 24.4. The minimum atomic E-state index is -2.03. The number of aliphatic hydroxyl groups excluding tert-OH is 3. The maximum absolute atomic E-state index is 13.3. The fraction of sp³-hybridized carbons (Fsp3) is 0.486. The highest BCUT2D eigenvalue weighted by Gasteiger charge is 2.54. The number of rotatable bonds is 13. The van der Waals surface area contributed by atoms with Crippen LogP contribution in [0.4, 0.5) is 0 Å². The number of carbonyl (C=O) groups excluding carboxylic acids is 2. The lowest BCUT2D eigenvalue weighted by molar-refractivity contribution is -0.226. The van der Waals surface area contributed by atoms with Crippen molar-refractivity contribution in [2.24, 2.45) is 0 Å². The molecular formula is C37H47N5O9. The van der Waals surface area contributed by atoms with Crippen LogP contribution in [-0.2, 0) is 20.9 Å². The molecule has 3 aromatic rings. The van der Waals surface area contributed by atoms with Crippen LogP contribution >= 0.6 is 0 Å². The number of carboxylic acids is 1. The lowest BCUT2D eigenvalue weighted by atomic mass is 9.81. The third kappa shape index (κ3) is 9.19. The Morgan fingerprint density at radius 2 is 1.76 bits per heavy atom. The van der Waals surface area contributed by atoms with Crippen molar-refractivity contribution in [1.29, 1.82) is 0 Å². The van der Waals surface area contributed by atoms with Crippen LogP contribution in [0, 0.1) is 13.8 Å². The number of aryl methyl sites for hydroxylation is 2. The molecule has 1 saturated carbocycles. The molecule has 274 valence electrons. The van der Waals surface area contributed by atoms with Crippen molar-refractivity contribution in [3.63, 3.8) is 0 Å². The quantitative estimate of drug-likeness (QED) is 0.137. The van der Waals surface area contributed by atoms with E-state index in [4.69, 9.17) is 4.74 Å². The van der Waals surface area contributed by atoms with Crippen molar-refractivity contribution in [3.05, 3.63) is 82.7 Å². The third-order valence-electron chi connectivity index (χ3n) is 9.79. The van der Waals surface area contributed by atoms with E-state index in [1.165, 1.54) is 23.2 Å². The van der Waals surface area contributed by atoms with Gasteiger partial charge in [0.2, 0.25) is 5.91 Å². The molecule has 0 radical (unpaired) electrons. The summed E-state index contributed by atoms with van der Waals surface area (Å²) in [5.74, 6) is -2.27. The van der Waals surface area contributed by atoms with Crippen LogP contribution in [0.5, 0.6) is 5.75 Å². The summed E-state index contributed by atoms with van der Waals surface area (Å²) in [6.07, 6.45) is 3.06. The molecule has 1 aliphatic heterocycles. The lowest BCUT2D eigenvalue weighted by Crippen LogP contribution is -2.67. The van der Waals surface area contributed by atoms with E-state index in [0.29, 0.717) is 11.1 Å². The number of nitrogens with zero attached hydrogens (tertiary/aromatic N) is 3. The number of phenolic OH excluding ortho intramolecular Hbond substituents is 1. The number of aromatic hydroxyl groups is 1. The third-order valence-corrected chi connectivity index (χ3v) is 9.79. The van der Waals surface area contributed by atoms with E-state index in [9.17, 15) is 39.9 Å². The molecule has 7 N–H and O–H groups in total. The molecule has 14 heteroatoms. The van der Waals surface area contributed by atoms with Gasteiger partial charge in [-0.05, 0) is 55.5 Å². The van der Waals surface area contributed by atoms with Crippen molar-refractivity contribution in [3.8, 4) is 5.75 Å². The molecule has 2 amide bonds. The highest BCUT2D eigenvalue weighted by Crippen LogP contribution is 2.36. The predicted octanol–water partition coefficient (Wildman–Crippen LogP) is 2.36. The zero-order valence-corrected chi connectivity index (χ0v) is 28.8. The second-order valence-corrected chi connectivity index (χ2v) is 13.7. The number of aliphatic hydroxyl groups is 3. The van der Waals surface area contributed by atoms with Gasteiger partial charge in [0.1, 0.15) is 24.5 Å². The second-order valence-electron chi connectivity index (χ2n) is 13.7. The van der Waals surface area contributed by atoms with Gasteiger partial charge in [0, 0.05) is 37.1 Å². The van der Waals surface area contributed by atoms with Crippen molar-refractivity contribution < 1.29 is 44.7 Å². The van der Waals surface area contributed by atoms with Gasteiger partial charge in [-0.15, -0.1) is 5.10 Å². The summed E-state index contributed by atoms with van der Waals surface area (Å²) < 4.78 is 7.48. The van der Waals surface area contributed by atoms with E-state index in [0.717, 1.165) is 36.9 Å². The summed E-state index contributed by atoms with van der Waals surface area (Å²) in [5.41, 5.74) is 0.754. The number of carbonyl (C=O) groups is 3. The molecule has 2 heterocycles. The number of phenols is 1. The molecule has 14 nitrogen and oxygen atoms in total. The first kappa shape index (κ1) is 37.6. The van der Waals surface area contributed by atoms with E-state index in [1.807, 2.05) is 30.3 Å². The molecule has 51 heavy (non-hydrogen) atoms. The average molecular weight is 706 g/mol. The number of ether oxygens (including phenoxy) is 1. The van der Waals surface area contributed by atoms with Gasteiger partial charge in [0.05, 0.1) is 23.9 Å². The molecule has 2 fully saturated rings. The summed E-state index contributed by atoms with van der Waals surface area (Å²) in [6, 6.07) is 10.8. The highest BCUT2D eigenvalue weighted by molar-refractivity contribution is 5.95. The highest BCUT2D eigenvalue weighted by atomic mass is 16.6. The van der Waals surface area contributed by atoms with E-state index >= 15 is 0 Å². The van der Waals surface area contributed by atoms with Gasteiger partial charge in [-0.1, -0.05) is 67.0 Å². The Kier molecular flexibility index (Phi) is 12.2. The summed E-state index contributed by atoms with van der Waals surface area (Å²) in [4.78, 5) is 39.0. The Bertz CT molecular complexity index is 1680. The Balaban J connectivity index is 1.33. The van der Waals surface area contributed by atoms with Crippen LogP contribution in [0.3, 0.4) is 0 Å². The first-order valence-electron chi connectivity index (χ1n) is 17.3. The van der Waals surface area contributed by atoms with E-state index in [1.54, 1.807) is 32.2 Å². The summed E-state index contributed by atoms with van der Waals surface area (Å²) in [7, 11) is 0. The van der Waals surface area contributed by atoms with Gasteiger partial charge in [0.25, 0.3) is 5.91 Å². The lowest BCUT2D eigenvalue weighted by Gasteiger charge is -2.47. The second kappa shape index (κ2) is 16.6.